The molecule has 1 fully saturated rings. The summed E-state index contributed by atoms with van der Waals surface area (Å²) in [5, 5.41) is 7.08. The van der Waals surface area contributed by atoms with Crippen molar-refractivity contribution in [3.05, 3.63) is 35.9 Å². The number of nitrogens with zero attached hydrogens (tertiary/aromatic N) is 3. The average molecular weight is 516 g/mol. The summed E-state index contributed by atoms with van der Waals surface area (Å²) in [6.07, 6.45) is 4.65. The van der Waals surface area contributed by atoms with Gasteiger partial charge >= 0.3 is 0 Å². The standard InChI is InChI=1S/C23H41N5.HI/c1-5-23(6-2,21-12-8-7-9-13-21)20-26-22(24-3)25-14-10-11-15-28-18-16-27(4)17-19-28;/h7-9,12-13H,5-6,10-11,14-20H2,1-4H3,(H2,24,25,26);1H. The second kappa shape index (κ2) is 14.2. The van der Waals surface area contributed by atoms with Crippen molar-refractivity contribution in [2.45, 2.75) is 44.9 Å². The van der Waals surface area contributed by atoms with Gasteiger partial charge in [-0.05, 0) is 44.8 Å². The van der Waals surface area contributed by atoms with Gasteiger partial charge in [0.25, 0.3) is 0 Å². The Morgan fingerprint density at radius 1 is 1.00 bits per heavy atom. The molecule has 166 valence electrons. The van der Waals surface area contributed by atoms with Gasteiger partial charge in [0.05, 0.1) is 0 Å². The Bertz CT molecular complexity index is 566. The Hall–Kier alpha value is -0.860. The smallest absolute Gasteiger partial charge is 0.191 e. The number of piperazine rings is 1. The first-order valence-electron chi connectivity index (χ1n) is 11.0. The van der Waals surface area contributed by atoms with Crippen LogP contribution < -0.4 is 10.6 Å². The summed E-state index contributed by atoms with van der Waals surface area (Å²) < 4.78 is 0. The zero-order valence-electron chi connectivity index (χ0n) is 18.9. The summed E-state index contributed by atoms with van der Waals surface area (Å²) in [6, 6.07) is 10.9. The summed E-state index contributed by atoms with van der Waals surface area (Å²) >= 11 is 0. The highest BCUT2D eigenvalue weighted by Gasteiger charge is 2.28. The Morgan fingerprint density at radius 3 is 2.24 bits per heavy atom. The molecule has 0 amide bonds. The van der Waals surface area contributed by atoms with E-state index in [0.717, 1.165) is 31.9 Å². The number of aliphatic imine (C=N–C) groups is 1. The molecule has 0 atom stereocenters. The van der Waals surface area contributed by atoms with E-state index in [1.807, 2.05) is 7.05 Å². The predicted molar refractivity (Wildman–Crippen MR) is 137 cm³/mol. The SMILES string of the molecule is CCC(CC)(CNC(=NC)NCCCCN1CCN(C)CC1)c1ccccc1.I. The van der Waals surface area contributed by atoms with E-state index in [9.17, 15) is 0 Å². The lowest BCUT2D eigenvalue weighted by atomic mass is 9.76. The van der Waals surface area contributed by atoms with Gasteiger partial charge in [-0.25, -0.2) is 0 Å². The molecule has 29 heavy (non-hydrogen) atoms. The molecule has 1 aliphatic rings. The molecule has 2 N–H and O–H groups in total. The van der Waals surface area contributed by atoms with Crippen molar-refractivity contribution in [3.8, 4) is 0 Å². The minimum absolute atomic E-state index is 0. The maximum Gasteiger partial charge on any atom is 0.191 e. The van der Waals surface area contributed by atoms with Crippen LogP contribution in [0.25, 0.3) is 0 Å². The molecule has 5 nitrogen and oxygen atoms in total. The molecule has 0 radical (unpaired) electrons. The maximum absolute atomic E-state index is 4.43. The highest BCUT2D eigenvalue weighted by Crippen LogP contribution is 2.30. The number of unbranched alkanes of at least 4 members (excludes halogenated alkanes) is 1. The zero-order chi connectivity index (χ0) is 20.2. The predicted octanol–water partition coefficient (Wildman–Crippen LogP) is 3.56. The number of nitrogens with one attached hydrogen (secondary N) is 2. The van der Waals surface area contributed by atoms with Crippen LogP contribution in [-0.2, 0) is 5.41 Å². The van der Waals surface area contributed by atoms with E-state index in [-0.39, 0.29) is 29.4 Å². The first kappa shape index (κ1) is 26.2. The van der Waals surface area contributed by atoms with Gasteiger partial charge in [0.15, 0.2) is 5.96 Å². The van der Waals surface area contributed by atoms with E-state index in [1.165, 1.54) is 51.1 Å². The van der Waals surface area contributed by atoms with E-state index in [1.54, 1.807) is 0 Å². The van der Waals surface area contributed by atoms with Crippen LogP contribution in [-0.4, -0.2) is 75.7 Å². The fourth-order valence-corrected chi connectivity index (χ4v) is 4.01. The molecule has 0 saturated carbocycles. The third-order valence-corrected chi connectivity index (χ3v) is 6.35. The van der Waals surface area contributed by atoms with Gasteiger partial charge in [0.2, 0.25) is 0 Å². The molecule has 0 spiro atoms. The molecule has 0 aliphatic carbocycles. The van der Waals surface area contributed by atoms with Gasteiger partial charge in [-0.3, -0.25) is 4.99 Å². The van der Waals surface area contributed by atoms with Gasteiger partial charge in [-0.2, -0.15) is 0 Å². The number of guanidine groups is 1. The van der Waals surface area contributed by atoms with Crippen LogP contribution >= 0.6 is 24.0 Å². The van der Waals surface area contributed by atoms with Crippen LogP contribution in [0.4, 0.5) is 0 Å². The highest BCUT2D eigenvalue weighted by atomic mass is 127. The van der Waals surface area contributed by atoms with Crippen LogP contribution in [0.5, 0.6) is 0 Å². The monoisotopic (exact) mass is 515 g/mol. The number of hydrogen-bond donors (Lipinski definition) is 2. The van der Waals surface area contributed by atoms with Crippen molar-refractivity contribution in [1.29, 1.82) is 0 Å². The van der Waals surface area contributed by atoms with E-state index in [4.69, 9.17) is 0 Å². The normalized spacial score (nSPS) is 16.3. The second-order valence-electron chi connectivity index (χ2n) is 8.06. The van der Waals surface area contributed by atoms with Crippen LogP contribution in [0.15, 0.2) is 35.3 Å². The fraction of sp³-hybridized carbons (Fsp3) is 0.696. The van der Waals surface area contributed by atoms with Gasteiger partial charge in [-0.15, -0.1) is 24.0 Å². The number of halogens is 1. The Labute approximate surface area is 195 Å². The molecule has 1 aromatic carbocycles. The maximum atomic E-state index is 4.43. The van der Waals surface area contributed by atoms with Crippen molar-refractivity contribution in [2.75, 3.05) is 59.9 Å². The Morgan fingerprint density at radius 2 is 1.66 bits per heavy atom. The molecular weight excluding hydrogens is 473 g/mol. The lowest BCUT2D eigenvalue weighted by molar-refractivity contribution is 0.152. The van der Waals surface area contributed by atoms with E-state index in [2.05, 4.69) is 76.7 Å². The van der Waals surface area contributed by atoms with Crippen LogP contribution in [0.3, 0.4) is 0 Å². The molecule has 2 rings (SSSR count). The largest absolute Gasteiger partial charge is 0.356 e. The minimum Gasteiger partial charge on any atom is -0.356 e. The molecule has 1 aromatic rings. The number of hydrogen-bond acceptors (Lipinski definition) is 3. The molecule has 1 aliphatic heterocycles. The molecule has 0 bridgehead atoms. The number of likely N-dealkylation sites (N-methyl/N-ethyl adjacent to an activating group) is 1. The summed E-state index contributed by atoms with van der Waals surface area (Å²) in [7, 11) is 4.07. The molecule has 1 heterocycles. The van der Waals surface area contributed by atoms with Gasteiger partial charge in [-0.1, -0.05) is 44.2 Å². The van der Waals surface area contributed by atoms with E-state index in [0.29, 0.717) is 0 Å². The number of benzene rings is 1. The van der Waals surface area contributed by atoms with Crippen molar-refractivity contribution < 1.29 is 0 Å². The first-order valence-corrected chi connectivity index (χ1v) is 11.0. The lowest BCUT2D eigenvalue weighted by Gasteiger charge is -2.33. The average Bonchev–Trinajstić information content (AvgIpc) is 2.75. The second-order valence-corrected chi connectivity index (χ2v) is 8.06. The van der Waals surface area contributed by atoms with Crippen LogP contribution in [0, 0.1) is 0 Å². The van der Waals surface area contributed by atoms with Gasteiger partial charge < -0.3 is 20.4 Å². The van der Waals surface area contributed by atoms with Crippen LogP contribution in [0.2, 0.25) is 0 Å². The molecule has 6 heteroatoms. The van der Waals surface area contributed by atoms with E-state index >= 15 is 0 Å². The quantitative estimate of drug-likeness (QED) is 0.217. The third kappa shape index (κ3) is 8.42. The zero-order valence-corrected chi connectivity index (χ0v) is 21.2. The van der Waals surface area contributed by atoms with Crippen molar-refractivity contribution in [3.63, 3.8) is 0 Å². The summed E-state index contributed by atoms with van der Waals surface area (Å²) in [6.45, 7) is 12.5. The molecular formula is C23H42IN5. The summed E-state index contributed by atoms with van der Waals surface area (Å²) in [5.74, 6) is 0.918. The summed E-state index contributed by atoms with van der Waals surface area (Å²) in [5.41, 5.74) is 1.57. The molecule has 1 saturated heterocycles. The topological polar surface area (TPSA) is 42.9 Å². The Balaban J connectivity index is 0.00000420. The van der Waals surface area contributed by atoms with Crippen molar-refractivity contribution >= 4 is 29.9 Å². The Kier molecular flexibility index (Phi) is 12.8. The highest BCUT2D eigenvalue weighted by molar-refractivity contribution is 14.0. The first-order chi connectivity index (χ1) is 13.6. The lowest BCUT2D eigenvalue weighted by Crippen LogP contribution is -2.46. The summed E-state index contributed by atoms with van der Waals surface area (Å²) in [4.78, 5) is 9.43. The van der Waals surface area contributed by atoms with Gasteiger partial charge in [0, 0.05) is 51.7 Å². The molecule has 0 unspecified atom stereocenters. The number of rotatable bonds is 10. The van der Waals surface area contributed by atoms with Gasteiger partial charge in [0.1, 0.15) is 0 Å². The third-order valence-electron chi connectivity index (χ3n) is 6.35. The van der Waals surface area contributed by atoms with Crippen LogP contribution in [0.1, 0.15) is 45.1 Å². The molecule has 0 aromatic heterocycles. The van der Waals surface area contributed by atoms with E-state index < -0.39 is 0 Å². The van der Waals surface area contributed by atoms with Crippen molar-refractivity contribution in [2.24, 2.45) is 4.99 Å². The minimum atomic E-state index is 0. The fourth-order valence-electron chi connectivity index (χ4n) is 4.01. The van der Waals surface area contributed by atoms with Crippen molar-refractivity contribution in [1.82, 2.24) is 20.4 Å².